The van der Waals surface area contributed by atoms with Gasteiger partial charge in [-0.25, -0.2) is 0 Å². The molecule has 0 atom stereocenters. The summed E-state index contributed by atoms with van der Waals surface area (Å²) in [5.74, 6) is 0.446. The van der Waals surface area contributed by atoms with Gasteiger partial charge in [0, 0.05) is 35.4 Å². The molecule has 0 saturated heterocycles. The second kappa shape index (κ2) is 7.50. The molecule has 0 radical (unpaired) electrons. The Balaban J connectivity index is 1.94. The van der Waals surface area contributed by atoms with E-state index in [1.807, 2.05) is 24.3 Å². The van der Waals surface area contributed by atoms with E-state index in [-0.39, 0.29) is 0 Å². The summed E-state index contributed by atoms with van der Waals surface area (Å²) < 4.78 is 0. The van der Waals surface area contributed by atoms with Crippen LogP contribution in [0.1, 0.15) is 6.42 Å². The van der Waals surface area contributed by atoms with Gasteiger partial charge in [0.1, 0.15) is 5.84 Å². The van der Waals surface area contributed by atoms with Gasteiger partial charge in [-0.1, -0.05) is 11.6 Å². The zero-order valence-electron chi connectivity index (χ0n) is 11.6. The molecule has 0 aliphatic heterocycles. The van der Waals surface area contributed by atoms with E-state index in [9.17, 15) is 0 Å². The number of benzene rings is 1. The first kappa shape index (κ1) is 15.1. The number of aliphatic imine (C=N–C) groups is 1. The second-order valence-corrected chi connectivity index (χ2v) is 4.90. The van der Waals surface area contributed by atoms with E-state index in [1.165, 1.54) is 6.20 Å². The summed E-state index contributed by atoms with van der Waals surface area (Å²) in [6.07, 6.45) is 5.60. The third kappa shape index (κ3) is 4.36. The fourth-order valence-corrected chi connectivity index (χ4v) is 2.10. The van der Waals surface area contributed by atoms with E-state index in [2.05, 4.69) is 15.3 Å². The number of hydrogen-bond donors (Lipinski definition) is 3. The number of halogens is 1. The van der Waals surface area contributed by atoms with Crippen LogP contribution in [-0.2, 0) is 0 Å². The van der Waals surface area contributed by atoms with E-state index < -0.39 is 0 Å². The molecule has 2 aromatic rings. The van der Waals surface area contributed by atoms with Crippen molar-refractivity contribution in [2.75, 3.05) is 18.4 Å². The average molecular weight is 304 g/mol. The summed E-state index contributed by atoms with van der Waals surface area (Å²) in [7, 11) is 0. The Morgan fingerprint density at radius 3 is 3.05 bits per heavy atom. The van der Waals surface area contributed by atoms with Crippen molar-refractivity contribution in [3.63, 3.8) is 0 Å². The standard InChI is InChI=1S/C15H18ClN5/c16-11-2-3-12-13(5-9-20-14(12)10-11)19-7-1-8-21-15(18)4-6-17/h2-6,9-10H,1,7-8,17H2,(H2,18,21)(H,19,20)/b6-4-. The van der Waals surface area contributed by atoms with Crippen LogP contribution in [-0.4, -0.2) is 23.9 Å². The SMILES string of the molecule is N/C=C\C(N)=NCCCNc1ccnc2cc(Cl)ccc12. The topological polar surface area (TPSA) is 89.3 Å². The molecule has 0 aliphatic carbocycles. The van der Waals surface area contributed by atoms with Gasteiger partial charge in [-0.15, -0.1) is 0 Å². The first-order valence-electron chi connectivity index (χ1n) is 6.67. The highest BCUT2D eigenvalue weighted by Gasteiger charge is 2.01. The summed E-state index contributed by atoms with van der Waals surface area (Å²) in [6, 6.07) is 7.63. The van der Waals surface area contributed by atoms with Crippen molar-refractivity contribution in [3.05, 3.63) is 47.8 Å². The van der Waals surface area contributed by atoms with E-state index >= 15 is 0 Å². The maximum absolute atomic E-state index is 5.97. The van der Waals surface area contributed by atoms with Crippen LogP contribution in [0.25, 0.3) is 10.9 Å². The molecule has 1 heterocycles. The fraction of sp³-hybridized carbons (Fsp3) is 0.200. The molecular weight excluding hydrogens is 286 g/mol. The lowest BCUT2D eigenvalue weighted by atomic mass is 10.2. The van der Waals surface area contributed by atoms with E-state index in [0.717, 1.165) is 29.6 Å². The zero-order valence-corrected chi connectivity index (χ0v) is 12.3. The van der Waals surface area contributed by atoms with Gasteiger partial charge in [0.05, 0.1) is 5.52 Å². The quantitative estimate of drug-likeness (QED) is 0.434. The number of rotatable bonds is 6. The van der Waals surface area contributed by atoms with Gasteiger partial charge in [0.2, 0.25) is 0 Å². The van der Waals surface area contributed by atoms with E-state index in [0.29, 0.717) is 17.4 Å². The van der Waals surface area contributed by atoms with Crippen molar-refractivity contribution in [3.8, 4) is 0 Å². The van der Waals surface area contributed by atoms with Gasteiger partial charge in [-0.2, -0.15) is 0 Å². The van der Waals surface area contributed by atoms with Crippen molar-refractivity contribution in [1.82, 2.24) is 4.98 Å². The van der Waals surface area contributed by atoms with Crippen LogP contribution < -0.4 is 16.8 Å². The highest BCUT2D eigenvalue weighted by molar-refractivity contribution is 6.31. The Morgan fingerprint density at radius 1 is 1.38 bits per heavy atom. The van der Waals surface area contributed by atoms with Crippen LogP contribution in [0.15, 0.2) is 47.7 Å². The summed E-state index contributed by atoms with van der Waals surface area (Å²) in [5, 5.41) is 5.11. The normalized spacial score (nSPS) is 12.1. The first-order valence-corrected chi connectivity index (χ1v) is 7.05. The minimum absolute atomic E-state index is 0.446. The number of aromatic nitrogens is 1. The lowest BCUT2D eigenvalue weighted by molar-refractivity contribution is 0.875. The smallest absolute Gasteiger partial charge is 0.119 e. The monoisotopic (exact) mass is 303 g/mol. The molecule has 0 unspecified atom stereocenters. The van der Waals surface area contributed by atoms with Crippen LogP contribution in [0.2, 0.25) is 5.02 Å². The molecule has 21 heavy (non-hydrogen) atoms. The Kier molecular flexibility index (Phi) is 5.40. The Labute approximate surface area is 128 Å². The maximum Gasteiger partial charge on any atom is 0.119 e. The molecule has 0 spiro atoms. The van der Waals surface area contributed by atoms with Gasteiger partial charge < -0.3 is 16.8 Å². The lowest BCUT2D eigenvalue weighted by Gasteiger charge is -2.08. The van der Waals surface area contributed by atoms with Crippen molar-refractivity contribution in [2.45, 2.75) is 6.42 Å². The van der Waals surface area contributed by atoms with Gasteiger partial charge in [-0.05, 0) is 43.0 Å². The summed E-state index contributed by atoms with van der Waals surface area (Å²) in [5.41, 5.74) is 12.8. The number of nitrogens with two attached hydrogens (primary N) is 2. The maximum atomic E-state index is 5.97. The van der Waals surface area contributed by atoms with Crippen molar-refractivity contribution < 1.29 is 0 Å². The molecule has 1 aromatic heterocycles. The number of hydrogen-bond acceptors (Lipinski definition) is 4. The van der Waals surface area contributed by atoms with Crippen molar-refractivity contribution in [1.29, 1.82) is 0 Å². The third-order valence-electron chi connectivity index (χ3n) is 2.92. The van der Waals surface area contributed by atoms with Crippen LogP contribution in [0, 0.1) is 0 Å². The molecule has 6 heteroatoms. The second-order valence-electron chi connectivity index (χ2n) is 4.47. The van der Waals surface area contributed by atoms with Gasteiger partial charge in [0.25, 0.3) is 0 Å². The number of anilines is 1. The summed E-state index contributed by atoms with van der Waals surface area (Å²) >= 11 is 5.97. The molecule has 0 amide bonds. The third-order valence-corrected chi connectivity index (χ3v) is 3.15. The molecule has 0 saturated carbocycles. The largest absolute Gasteiger partial charge is 0.404 e. The number of nitrogens with one attached hydrogen (secondary N) is 1. The van der Waals surface area contributed by atoms with Gasteiger partial charge in [0.15, 0.2) is 0 Å². The van der Waals surface area contributed by atoms with Crippen LogP contribution in [0.3, 0.4) is 0 Å². The minimum atomic E-state index is 0.446. The van der Waals surface area contributed by atoms with Crippen LogP contribution in [0.5, 0.6) is 0 Å². The highest BCUT2D eigenvalue weighted by Crippen LogP contribution is 2.24. The number of pyridine rings is 1. The fourth-order valence-electron chi connectivity index (χ4n) is 1.94. The number of fused-ring (bicyclic) bond motifs is 1. The van der Waals surface area contributed by atoms with Crippen LogP contribution in [0.4, 0.5) is 5.69 Å². The van der Waals surface area contributed by atoms with Crippen molar-refractivity contribution >= 4 is 34.0 Å². The minimum Gasteiger partial charge on any atom is -0.404 e. The number of nitrogens with zero attached hydrogens (tertiary/aromatic N) is 2. The van der Waals surface area contributed by atoms with Gasteiger partial charge in [-0.3, -0.25) is 9.98 Å². The molecule has 5 N–H and O–H groups in total. The molecule has 0 fully saturated rings. The van der Waals surface area contributed by atoms with Crippen LogP contribution >= 0.6 is 11.6 Å². The summed E-state index contributed by atoms with van der Waals surface area (Å²) in [6.45, 7) is 1.45. The molecule has 5 nitrogen and oxygen atoms in total. The molecule has 0 aliphatic rings. The Hall–Kier alpha value is -2.27. The molecule has 2 rings (SSSR count). The van der Waals surface area contributed by atoms with E-state index in [1.54, 1.807) is 12.3 Å². The first-order chi connectivity index (χ1) is 10.2. The predicted octanol–water partition coefficient (Wildman–Crippen LogP) is 2.52. The molecular formula is C15H18ClN5. The Morgan fingerprint density at radius 2 is 2.24 bits per heavy atom. The molecule has 1 aromatic carbocycles. The predicted molar refractivity (Wildman–Crippen MR) is 89.7 cm³/mol. The van der Waals surface area contributed by atoms with E-state index in [4.69, 9.17) is 23.1 Å². The van der Waals surface area contributed by atoms with Gasteiger partial charge >= 0.3 is 0 Å². The summed E-state index contributed by atoms with van der Waals surface area (Å²) in [4.78, 5) is 8.49. The number of amidine groups is 1. The molecule has 110 valence electrons. The Bertz CT molecular complexity index is 666. The lowest BCUT2D eigenvalue weighted by Crippen LogP contribution is -2.10. The molecule has 0 bridgehead atoms. The van der Waals surface area contributed by atoms with Crippen molar-refractivity contribution in [2.24, 2.45) is 16.5 Å². The zero-order chi connectivity index (χ0) is 15.1. The average Bonchev–Trinajstić information content (AvgIpc) is 2.47. The highest BCUT2D eigenvalue weighted by atomic mass is 35.5.